The number of fused-ring (bicyclic) bond motifs is 1. The molecule has 0 saturated carbocycles. The number of hydrogen-bond donors (Lipinski definition) is 0. The molecule has 1 atom stereocenters. The normalized spacial score (nSPS) is 16.5. The quantitative estimate of drug-likeness (QED) is 0.284. The largest absolute Gasteiger partial charge is 0.385 e. The topological polar surface area (TPSA) is 34.5 Å². The van der Waals surface area contributed by atoms with Crippen LogP contribution in [0.2, 0.25) is 5.02 Å². The molecule has 1 saturated heterocycles. The summed E-state index contributed by atoms with van der Waals surface area (Å²) in [6.45, 7) is 3.27. The molecule has 2 aromatic carbocycles. The highest BCUT2D eigenvalue weighted by molar-refractivity contribution is 9.10. The van der Waals surface area contributed by atoms with Crippen molar-refractivity contribution in [2.75, 3.05) is 26.8 Å². The van der Waals surface area contributed by atoms with Crippen LogP contribution in [-0.4, -0.2) is 42.2 Å². The first kappa shape index (κ1) is 24.3. The van der Waals surface area contributed by atoms with E-state index >= 15 is 0 Å². The average Bonchev–Trinajstić information content (AvgIpc) is 3.20. The van der Waals surface area contributed by atoms with Gasteiger partial charge in [0.2, 0.25) is 5.91 Å². The maximum absolute atomic E-state index is 13.0. The van der Waals surface area contributed by atoms with Gasteiger partial charge in [-0.2, -0.15) is 0 Å². The second-order valence-corrected chi connectivity index (χ2v) is 10.2. The summed E-state index contributed by atoms with van der Waals surface area (Å²) in [5.41, 5.74) is 3.74. The molecule has 0 bridgehead atoms. The molecule has 0 N–H and O–H groups in total. The van der Waals surface area contributed by atoms with Crippen LogP contribution in [0.4, 0.5) is 0 Å². The number of piperidine rings is 1. The fraction of sp³-hybridized carbons (Fsp3) is 0.444. The monoisotopic (exact) mass is 530 g/mol. The van der Waals surface area contributed by atoms with Crippen LogP contribution in [0.25, 0.3) is 10.9 Å². The molecule has 176 valence electrons. The van der Waals surface area contributed by atoms with E-state index in [4.69, 9.17) is 16.3 Å². The Labute approximate surface area is 210 Å². The number of likely N-dealkylation sites (tertiary alicyclic amines) is 1. The van der Waals surface area contributed by atoms with Crippen LogP contribution < -0.4 is 0 Å². The molecule has 0 aliphatic carbocycles. The van der Waals surface area contributed by atoms with Gasteiger partial charge in [0, 0.05) is 71.8 Å². The first-order valence-corrected chi connectivity index (χ1v) is 13.0. The van der Waals surface area contributed by atoms with Gasteiger partial charge in [-0.1, -0.05) is 45.7 Å². The SMILES string of the molecule is COCCCn1c(C2CCCN(C(=O)CCCc3ccc(Br)cc3)C2)cc2c(Cl)cccc21. The molecule has 1 aliphatic rings. The van der Waals surface area contributed by atoms with Gasteiger partial charge in [-0.05, 0) is 68.0 Å². The third-order valence-corrected chi connectivity index (χ3v) is 7.47. The van der Waals surface area contributed by atoms with E-state index in [2.05, 4.69) is 61.8 Å². The molecular weight excluding hydrogens is 500 g/mol. The Morgan fingerprint density at radius 3 is 2.79 bits per heavy atom. The van der Waals surface area contributed by atoms with Crippen LogP contribution in [0.1, 0.15) is 49.3 Å². The lowest BCUT2D eigenvalue weighted by atomic mass is 9.94. The number of aromatic nitrogens is 1. The summed E-state index contributed by atoms with van der Waals surface area (Å²) in [5, 5.41) is 1.89. The predicted octanol–water partition coefficient (Wildman–Crippen LogP) is 6.82. The lowest BCUT2D eigenvalue weighted by molar-refractivity contribution is -0.132. The van der Waals surface area contributed by atoms with E-state index < -0.39 is 0 Å². The number of amides is 1. The molecule has 1 fully saturated rings. The Morgan fingerprint density at radius 2 is 2.00 bits per heavy atom. The van der Waals surface area contributed by atoms with Crippen molar-refractivity contribution < 1.29 is 9.53 Å². The summed E-state index contributed by atoms with van der Waals surface area (Å²) < 4.78 is 8.77. The number of carbonyl (C=O) groups excluding carboxylic acids is 1. The molecule has 1 unspecified atom stereocenters. The van der Waals surface area contributed by atoms with Crippen LogP contribution in [0.15, 0.2) is 53.0 Å². The van der Waals surface area contributed by atoms with Crippen molar-refractivity contribution in [3.63, 3.8) is 0 Å². The first-order valence-electron chi connectivity index (χ1n) is 11.9. The lowest BCUT2D eigenvalue weighted by Gasteiger charge is -2.33. The van der Waals surface area contributed by atoms with E-state index in [1.54, 1.807) is 7.11 Å². The number of aryl methyl sites for hydroxylation is 2. The summed E-state index contributed by atoms with van der Waals surface area (Å²) in [5.74, 6) is 0.608. The number of halogens is 2. The van der Waals surface area contributed by atoms with E-state index in [1.807, 2.05) is 12.1 Å². The smallest absolute Gasteiger partial charge is 0.222 e. The zero-order valence-corrected chi connectivity index (χ0v) is 21.6. The Kier molecular flexibility index (Phi) is 8.50. The molecule has 4 nitrogen and oxygen atoms in total. The lowest BCUT2D eigenvalue weighted by Crippen LogP contribution is -2.39. The van der Waals surface area contributed by atoms with Crippen LogP contribution in [-0.2, 0) is 22.5 Å². The predicted molar refractivity (Wildman–Crippen MR) is 139 cm³/mol. The summed E-state index contributed by atoms with van der Waals surface area (Å²) >= 11 is 10.0. The van der Waals surface area contributed by atoms with Gasteiger partial charge >= 0.3 is 0 Å². The summed E-state index contributed by atoms with van der Waals surface area (Å²) in [7, 11) is 1.74. The maximum atomic E-state index is 13.0. The van der Waals surface area contributed by atoms with E-state index in [1.165, 1.54) is 16.8 Å². The fourth-order valence-electron chi connectivity index (χ4n) is 4.92. The van der Waals surface area contributed by atoms with Gasteiger partial charge in [0.25, 0.3) is 0 Å². The third-order valence-electron chi connectivity index (χ3n) is 6.62. The van der Waals surface area contributed by atoms with Crippen LogP contribution in [0.5, 0.6) is 0 Å². The second-order valence-electron chi connectivity index (χ2n) is 8.90. The molecular formula is C27H32BrClN2O2. The molecule has 2 heterocycles. The number of methoxy groups -OCH3 is 1. The Bertz CT molecular complexity index is 1080. The zero-order valence-electron chi connectivity index (χ0n) is 19.2. The minimum atomic E-state index is 0.275. The van der Waals surface area contributed by atoms with Crippen LogP contribution >= 0.6 is 27.5 Å². The first-order chi connectivity index (χ1) is 16.1. The van der Waals surface area contributed by atoms with E-state index in [-0.39, 0.29) is 5.91 Å². The van der Waals surface area contributed by atoms with Crippen molar-refractivity contribution >= 4 is 44.3 Å². The van der Waals surface area contributed by atoms with Gasteiger partial charge in [0.15, 0.2) is 0 Å². The minimum Gasteiger partial charge on any atom is -0.385 e. The highest BCUT2D eigenvalue weighted by Gasteiger charge is 2.27. The van der Waals surface area contributed by atoms with Crippen molar-refractivity contribution in [1.29, 1.82) is 0 Å². The van der Waals surface area contributed by atoms with Gasteiger partial charge in [0.1, 0.15) is 0 Å². The van der Waals surface area contributed by atoms with Crippen molar-refractivity contribution in [3.05, 3.63) is 69.3 Å². The number of rotatable bonds is 9. The minimum absolute atomic E-state index is 0.275. The van der Waals surface area contributed by atoms with E-state index in [0.717, 1.165) is 73.2 Å². The standard InChI is InChI=1S/C27H32BrClN2O2/c1-33-17-5-16-31-25-9-3-8-24(29)23(25)18-26(31)21-7-4-15-30(19-21)27(32)10-2-6-20-11-13-22(28)14-12-20/h3,8-9,11-14,18,21H,2,4-7,10,15-17,19H2,1H3. The molecule has 3 aromatic rings. The van der Waals surface area contributed by atoms with E-state index in [9.17, 15) is 4.79 Å². The van der Waals surface area contributed by atoms with Gasteiger partial charge in [-0.25, -0.2) is 0 Å². The van der Waals surface area contributed by atoms with Gasteiger partial charge < -0.3 is 14.2 Å². The van der Waals surface area contributed by atoms with Crippen LogP contribution in [0, 0.1) is 0 Å². The second kappa shape index (κ2) is 11.5. The van der Waals surface area contributed by atoms with Crippen molar-refractivity contribution in [2.24, 2.45) is 0 Å². The summed E-state index contributed by atoms with van der Waals surface area (Å²) in [4.78, 5) is 15.1. The molecule has 0 radical (unpaired) electrons. The summed E-state index contributed by atoms with van der Waals surface area (Å²) in [6, 6.07) is 16.7. The molecule has 4 rings (SSSR count). The maximum Gasteiger partial charge on any atom is 0.222 e. The number of carbonyl (C=O) groups is 1. The highest BCUT2D eigenvalue weighted by Crippen LogP contribution is 2.35. The highest BCUT2D eigenvalue weighted by atomic mass is 79.9. The number of nitrogens with zero attached hydrogens (tertiary/aromatic N) is 2. The van der Waals surface area contributed by atoms with Crippen LogP contribution in [0.3, 0.4) is 0 Å². The van der Waals surface area contributed by atoms with Gasteiger partial charge in [0.05, 0.1) is 0 Å². The molecule has 1 aliphatic heterocycles. The molecule has 1 amide bonds. The van der Waals surface area contributed by atoms with Crippen molar-refractivity contribution in [2.45, 2.75) is 51.0 Å². The fourth-order valence-corrected chi connectivity index (χ4v) is 5.41. The zero-order chi connectivity index (χ0) is 23.2. The molecule has 6 heteroatoms. The Morgan fingerprint density at radius 1 is 1.18 bits per heavy atom. The molecule has 33 heavy (non-hydrogen) atoms. The van der Waals surface area contributed by atoms with Gasteiger partial charge in [-0.15, -0.1) is 0 Å². The van der Waals surface area contributed by atoms with Crippen molar-refractivity contribution in [3.8, 4) is 0 Å². The van der Waals surface area contributed by atoms with E-state index in [0.29, 0.717) is 12.3 Å². The molecule has 0 spiro atoms. The van der Waals surface area contributed by atoms with Gasteiger partial charge in [-0.3, -0.25) is 4.79 Å². The number of benzene rings is 2. The Hall–Kier alpha value is -1.82. The third kappa shape index (κ3) is 6.00. The number of hydrogen-bond acceptors (Lipinski definition) is 2. The average molecular weight is 532 g/mol. The Balaban J connectivity index is 1.44. The molecule has 1 aromatic heterocycles. The summed E-state index contributed by atoms with van der Waals surface area (Å²) in [6.07, 6.45) is 5.51. The van der Waals surface area contributed by atoms with Crippen molar-refractivity contribution in [1.82, 2.24) is 9.47 Å². The number of ether oxygens (including phenoxy) is 1.